The molecule has 2 aliphatic rings. The van der Waals surface area contributed by atoms with Crippen LogP contribution >= 0.6 is 23.3 Å². The molecule has 1 N–H and O–H groups in total. The summed E-state index contributed by atoms with van der Waals surface area (Å²) in [5.41, 5.74) is 0.679. The standard InChI is InChI=1S/C7H13N.H2S2/c1-2-6-8-7(3-1)4-5-7;1-2/h8H,1-6H2;1-2H. The Kier molecular flexibility index (Phi) is 3.40. The highest BCUT2D eigenvalue weighted by atomic mass is 33.1. The predicted octanol–water partition coefficient (Wildman–Crippen LogP) is 2.05. The third-order valence-electron chi connectivity index (χ3n) is 2.44. The fourth-order valence-electron chi connectivity index (χ4n) is 1.61. The number of piperidine rings is 1. The van der Waals surface area contributed by atoms with Crippen molar-refractivity contribution < 1.29 is 0 Å². The molecule has 0 aromatic heterocycles. The summed E-state index contributed by atoms with van der Waals surface area (Å²) in [4.78, 5) is 0. The smallest absolute Gasteiger partial charge is 0.0182 e. The maximum atomic E-state index is 3.57. The van der Waals surface area contributed by atoms with Crippen LogP contribution in [-0.2, 0) is 0 Å². The second-order valence-corrected chi connectivity index (χ2v) is 3.16. The molecule has 0 unspecified atom stereocenters. The van der Waals surface area contributed by atoms with Crippen LogP contribution in [0.15, 0.2) is 0 Å². The molecule has 1 aliphatic heterocycles. The van der Waals surface area contributed by atoms with Crippen LogP contribution in [0, 0.1) is 0 Å². The summed E-state index contributed by atoms with van der Waals surface area (Å²) in [6, 6.07) is 0. The topological polar surface area (TPSA) is 12.0 Å². The van der Waals surface area contributed by atoms with E-state index >= 15 is 0 Å². The van der Waals surface area contributed by atoms with Crippen molar-refractivity contribution in [1.29, 1.82) is 0 Å². The van der Waals surface area contributed by atoms with E-state index in [1.54, 1.807) is 0 Å². The van der Waals surface area contributed by atoms with E-state index < -0.39 is 0 Å². The molecule has 0 aromatic carbocycles. The first kappa shape index (κ1) is 8.75. The van der Waals surface area contributed by atoms with Gasteiger partial charge in [0.25, 0.3) is 0 Å². The van der Waals surface area contributed by atoms with Crippen LogP contribution in [-0.4, -0.2) is 12.1 Å². The highest BCUT2D eigenvalue weighted by Gasteiger charge is 2.42. The summed E-state index contributed by atoms with van der Waals surface area (Å²) in [7, 11) is 0. The first-order chi connectivity index (χ1) is 4.91. The number of nitrogens with one attached hydrogen (secondary N) is 1. The molecule has 1 saturated carbocycles. The van der Waals surface area contributed by atoms with Gasteiger partial charge in [-0.25, -0.2) is 0 Å². The molecule has 2 rings (SSSR count). The van der Waals surface area contributed by atoms with Gasteiger partial charge in [0, 0.05) is 5.54 Å². The van der Waals surface area contributed by atoms with Crippen LogP contribution < -0.4 is 5.32 Å². The molecular weight excluding hydrogens is 162 g/mol. The van der Waals surface area contributed by atoms with E-state index in [-0.39, 0.29) is 0 Å². The first-order valence-electron chi connectivity index (χ1n) is 3.86. The van der Waals surface area contributed by atoms with Gasteiger partial charge in [0.05, 0.1) is 0 Å². The van der Waals surface area contributed by atoms with Crippen molar-refractivity contribution in [2.75, 3.05) is 6.54 Å². The fourth-order valence-corrected chi connectivity index (χ4v) is 1.61. The molecule has 0 bridgehead atoms. The summed E-state index contributed by atoms with van der Waals surface area (Å²) in [6.07, 6.45) is 7.22. The van der Waals surface area contributed by atoms with Crippen LogP contribution in [0.2, 0.25) is 0 Å². The van der Waals surface area contributed by atoms with Crippen LogP contribution in [0.1, 0.15) is 32.1 Å². The molecule has 1 aliphatic carbocycles. The Hall–Kier alpha value is 0.660. The maximum Gasteiger partial charge on any atom is 0.0182 e. The quantitative estimate of drug-likeness (QED) is 0.380. The number of hydrogen-bond donors (Lipinski definition) is 3. The van der Waals surface area contributed by atoms with Gasteiger partial charge in [-0.2, -0.15) is 0 Å². The van der Waals surface area contributed by atoms with Gasteiger partial charge >= 0.3 is 0 Å². The van der Waals surface area contributed by atoms with E-state index in [1.807, 2.05) is 0 Å². The SMILES string of the molecule is C1CCC2(CC2)NC1.SS. The molecule has 0 atom stereocenters. The van der Waals surface area contributed by atoms with Gasteiger partial charge in [-0.05, 0) is 32.2 Å². The van der Waals surface area contributed by atoms with Gasteiger partial charge in [-0.1, -0.05) is 6.42 Å². The average Bonchev–Trinajstić information content (AvgIpc) is 2.75. The van der Waals surface area contributed by atoms with Crippen LogP contribution in [0.5, 0.6) is 0 Å². The van der Waals surface area contributed by atoms with E-state index in [2.05, 4.69) is 28.6 Å². The van der Waals surface area contributed by atoms with Crippen molar-refractivity contribution in [3.63, 3.8) is 0 Å². The Labute approximate surface area is 73.2 Å². The lowest BCUT2D eigenvalue weighted by atomic mass is 10.0. The van der Waals surface area contributed by atoms with Crippen molar-refractivity contribution >= 4 is 23.3 Å². The van der Waals surface area contributed by atoms with Crippen LogP contribution in [0.3, 0.4) is 0 Å². The Morgan fingerprint density at radius 3 is 2.00 bits per heavy atom. The van der Waals surface area contributed by atoms with E-state index in [1.165, 1.54) is 38.6 Å². The summed E-state index contributed by atoms with van der Waals surface area (Å²) in [6.45, 7) is 1.28. The fraction of sp³-hybridized carbons (Fsp3) is 1.00. The summed E-state index contributed by atoms with van der Waals surface area (Å²) in [5, 5.41) is 3.57. The number of rotatable bonds is 0. The van der Waals surface area contributed by atoms with Crippen molar-refractivity contribution in [3.8, 4) is 0 Å². The van der Waals surface area contributed by atoms with Gasteiger partial charge in [0.2, 0.25) is 0 Å². The van der Waals surface area contributed by atoms with Crippen LogP contribution in [0.25, 0.3) is 0 Å². The predicted molar refractivity (Wildman–Crippen MR) is 51.8 cm³/mol. The van der Waals surface area contributed by atoms with Crippen LogP contribution in [0.4, 0.5) is 0 Å². The van der Waals surface area contributed by atoms with Crippen molar-refractivity contribution in [2.24, 2.45) is 0 Å². The Balaban J connectivity index is 0.000000231. The molecule has 1 saturated heterocycles. The largest absolute Gasteiger partial charge is 0.311 e. The second kappa shape index (κ2) is 3.88. The van der Waals surface area contributed by atoms with Crippen molar-refractivity contribution in [1.82, 2.24) is 5.32 Å². The van der Waals surface area contributed by atoms with Gasteiger partial charge in [-0.15, -0.1) is 23.3 Å². The minimum absolute atomic E-state index is 0.679. The lowest BCUT2D eigenvalue weighted by Crippen LogP contribution is -2.35. The molecule has 1 spiro atoms. The zero-order valence-corrected chi connectivity index (χ0v) is 7.93. The average molecular weight is 177 g/mol. The summed E-state index contributed by atoms with van der Waals surface area (Å²) >= 11 is 6.44. The molecule has 1 heterocycles. The molecule has 1 nitrogen and oxygen atoms in total. The number of hydrogen-bond acceptors (Lipinski definition) is 3. The summed E-state index contributed by atoms with van der Waals surface area (Å²) in [5.74, 6) is 0. The van der Waals surface area contributed by atoms with Gasteiger partial charge < -0.3 is 5.32 Å². The Morgan fingerprint density at radius 1 is 1.00 bits per heavy atom. The van der Waals surface area contributed by atoms with Crippen molar-refractivity contribution in [3.05, 3.63) is 0 Å². The highest BCUT2D eigenvalue weighted by Crippen LogP contribution is 2.41. The molecule has 0 radical (unpaired) electrons. The zero-order chi connectivity index (χ0) is 7.45. The molecule has 3 heteroatoms. The van der Waals surface area contributed by atoms with Gasteiger partial charge in [-0.3, -0.25) is 0 Å². The maximum absolute atomic E-state index is 3.57. The second-order valence-electron chi connectivity index (χ2n) is 3.16. The van der Waals surface area contributed by atoms with E-state index in [4.69, 9.17) is 0 Å². The first-order valence-corrected chi connectivity index (χ1v) is 5.46. The summed E-state index contributed by atoms with van der Waals surface area (Å²) < 4.78 is 0. The molecule has 0 amide bonds. The Morgan fingerprint density at radius 2 is 1.70 bits per heavy atom. The van der Waals surface area contributed by atoms with Gasteiger partial charge in [0.1, 0.15) is 0 Å². The molecule has 10 heavy (non-hydrogen) atoms. The zero-order valence-electron chi connectivity index (χ0n) is 6.14. The highest BCUT2D eigenvalue weighted by molar-refractivity contribution is 8.59. The minimum Gasteiger partial charge on any atom is -0.311 e. The molecule has 60 valence electrons. The van der Waals surface area contributed by atoms with E-state index in [0.717, 1.165) is 0 Å². The van der Waals surface area contributed by atoms with Gasteiger partial charge in [0.15, 0.2) is 0 Å². The molecule has 0 aromatic rings. The molecule has 2 fully saturated rings. The normalized spacial score (nSPS) is 27.0. The van der Waals surface area contributed by atoms with Crippen molar-refractivity contribution in [2.45, 2.75) is 37.6 Å². The third-order valence-corrected chi connectivity index (χ3v) is 2.44. The number of thiol groups is 2. The third kappa shape index (κ3) is 2.07. The molecular formula is C7H15NS2. The monoisotopic (exact) mass is 177 g/mol. The lowest BCUT2D eigenvalue weighted by molar-refractivity contribution is 0.385. The Bertz CT molecular complexity index is 93.8. The lowest BCUT2D eigenvalue weighted by Gasteiger charge is -2.22. The van der Waals surface area contributed by atoms with E-state index in [0.29, 0.717) is 5.54 Å². The minimum atomic E-state index is 0.679. The van der Waals surface area contributed by atoms with E-state index in [9.17, 15) is 0 Å².